The van der Waals surface area contributed by atoms with Crippen LogP contribution < -0.4 is 0 Å². The van der Waals surface area contributed by atoms with Gasteiger partial charge in [0.25, 0.3) is 5.91 Å². The molecule has 5 heteroatoms. The lowest BCUT2D eigenvalue weighted by atomic mass is 9.82. The number of aliphatic carboxylic acids is 1. The molecule has 0 bridgehead atoms. The van der Waals surface area contributed by atoms with Gasteiger partial charge in [0.05, 0.1) is 5.41 Å². The molecule has 1 aromatic rings. The average molecular weight is 265 g/mol. The maximum Gasteiger partial charge on any atom is 0.311 e. The lowest BCUT2D eigenvalue weighted by Crippen LogP contribution is -2.48. The summed E-state index contributed by atoms with van der Waals surface area (Å²) in [6.45, 7) is 2.32. The third-order valence-electron chi connectivity index (χ3n) is 3.57. The summed E-state index contributed by atoms with van der Waals surface area (Å²) in [5, 5.41) is 9.21. The van der Waals surface area contributed by atoms with Crippen LogP contribution in [0.2, 0.25) is 0 Å². The fourth-order valence-corrected chi connectivity index (χ4v) is 2.39. The Morgan fingerprint density at radius 3 is 2.79 bits per heavy atom. The number of likely N-dealkylation sites (tertiary alicyclic amines) is 1. The van der Waals surface area contributed by atoms with E-state index in [1.165, 1.54) is 29.2 Å². The Hall–Kier alpha value is -1.91. The van der Waals surface area contributed by atoms with Gasteiger partial charge in [-0.2, -0.15) is 0 Å². The van der Waals surface area contributed by atoms with Crippen LogP contribution in [0.15, 0.2) is 24.3 Å². The lowest BCUT2D eigenvalue weighted by Gasteiger charge is -2.37. The molecule has 0 spiro atoms. The molecule has 1 unspecified atom stereocenters. The second-order valence-electron chi connectivity index (χ2n) is 5.21. The number of carboxylic acid groups (broad SMARTS) is 1. The first kappa shape index (κ1) is 13.5. The van der Waals surface area contributed by atoms with Gasteiger partial charge in [0.15, 0.2) is 0 Å². The van der Waals surface area contributed by atoms with Gasteiger partial charge < -0.3 is 10.0 Å². The Morgan fingerprint density at radius 2 is 2.16 bits per heavy atom. The third kappa shape index (κ3) is 2.75. The number of rotatable bonds is 2. The normalized spacial score (nSPS) is 23.2. The van der Waals surface area contributed by atoms with Crippen molar-refractivity contribution in [2.45, 2.75) is 19.8 Å². The summed E-state index contributed by atoms with van der Waals surface area (Å²) < 4.78 is 13.1. The minimum absolute atomic E-state index is 0.164. The molecule has 1 heterocycles. The standard InChI is InChI=1S/C14H16FNO3/c1-14(13(18)19)6-3-7-16(9-14)12(17)10-4-2-5-11(15)8-10/h2,4-5,8H,3,6-7,9H2,1H3,(H,18,19). The van der Waals surface area contributed by atoms with Crippen LogP contribution in [-0.4, -0.2) is 35.0 Å². The van der Waals surface area contributed by atoms with Gasteiger partial charge in [-0.15, -0.1) is 0 Å². The van der Waals surface area contributed by atoms with E-state index in [0.717, 1.165) is 0 Å². The monoisotopic (exact) mass is 265 g/mol. The van der Waals surface area contributed by atoms with Gasteiger partial charge in [-0.1, -0.05) is 6.07 Å². The molecule has 1 atom stereocenters. The predicted molar refractivity (Wildman–Crippen MR) is 67.3 cm³/mol. The number of piperidine rings is 1. The SMILES string of the molecule is CC1(C(=O)O)CCCN(C(=O)c2cccc(F)c2)C1. The minimum Gasteiger partial charge on any atom is -0.481 e. The van der Waals surface area contributed by atoms with E-state index in [1.807, 2.05) is 0 Å². The minimum atomic E-state index is -0.915. The number of halogens is 1. The second kappa shape index (κ2) is 4.99. The fraction of sp³-hybridized carbons (Fsp3) is 0.429. The number of amides is 1. The Kier molecular flexibility index (Phi) is 3.55. The molecule has 1 fully saturated rings. The summed E-state index contributed by atoms with van der Waals surface area (Å²) in [5.74, 6) is -1.68. The molecule has 1 N–H and O–H groups in total. The van der Waals surface area contributed by atoms with E-state index in [0.29, 0.717) is 19.4 Å². The Labute approximate surface area is 110 Å². The Morgan fingerprint density at radius 1 is 1.42 bits per heavy atom. The number of hydrogen-bond acceptors (Lipinski definition) is 2. The largest absolute Gasteiger partial charge is 0.481 e. The van der Waals surface area contributed by atoms with Crippen molar-refractivity contribution in [3.8, 4) is 0 Å². The third-order valence-corrected chi connectivity index (χ3v) is 3.57. The van der Waals surface area contributed by atoms with E-state index in [9.17, 15) is 19.1 Å². The molecule has 0 radical (unpaired) electrons. The van der Waals surface area contributed by atoms with Crippen molar-refractivity contribution < 1.29 is 19.1 Å². The summed E-state index contributed by atoms with van der Waals surface area (Å²) in [5.41, 5.74) is -0.657. The number of nitrogens with zero attached hydrogens (tertiary/aromatic N) is 1. The highest BCUT2D eigenvalue weighted by Crippen LogP contribution is 2.30. The van der Waals surface area contributed by atoms with E-state index in [1.54, 1.807) is 6.92 Å². The number of hydrogen-bond donors (Lipinski definition) is 1. The molecule has 1 aromatic carbocycles. The molecule has 4 nitrogen and oxygen atoms in total. The van der Waals surface area contributed by atoms with Crippen molar-refractivity contribution in [2.75, 3.05) is 13.1 Å². The molecule has 102 valence electrons. The lowest BCUT2D eigenvalue weighted by molar-refractivity contribution is -0.150. The van der Waals surface area contributed by atoms with Gasteiger partial charge in [0, 0.05) is 18.7 Å². The van der Waals surface area contributed by atoms with Crippen LogP contribution in [0.25, 0.3) is 0 Å². The molecular formula is C14H16FNO3. The summed E-state index contributed by atoms with van der Waals surface area (Å²) >= 11 is 0. The van der Waals surface area contributed by atoms with Crippen molar-refractivity contribution in [1.82, 2.24) is 4.90 Å². The highest BCUT2D eigenvalue weighted by molar-refractivity contribution is 5.94. The van der Waals surface area contributed by atoms with Crippen molar-refractivity contribution in [3.63, 3.8) is 0 Å². The topological polar surface area (TPSA) is 57.6 Å². The van der Waals surface area contributed by atoms with Gasteiger partial charge in [-0.05, 0) is 38.0 Å². The molecule has 0 aliphatic carbocycles. The predicted octanol–water partition coefficient (Wildman–Crippen LogP) is 2.15. The molecule has 0 saturated carbocycles. The van der Waals surface area contributed by atoms with Crippen LogP contribution in [0.3, 0.4) is 0 Å². The highest BCUT2D eigenvalue weighted by Gasteiger charge is 2.39. The van der Waals surface area contributed by atoms with Crippen molar-refractivity contribution in [3.05, 3.63) is 35.6 Å². The smallest absolute Gasteiger partial charge is 0.311 e. The van der Waals surface area contributed by atoms with Gasteiger partial charge in [0.1, 0.15) is 5.82 Å². The Balaban J connectivity index is 2.18. The number of benzene rings is 1. The van der Waals surface area contributed by atoms with Crippen LogP contribution in [0.5, 0.6) is 0 Å². The van der Waals surface area contributed by atoms with Gasteiger partial charge >= 0.3 is 5.97 Å². The number of carbonyl (C=O) groups is 2. The fourth-order valence-electron chi connectivity index (χ4n) is 2.39. The molecule has 0 aromatic heterocycles. The number of carboxylic acids is 1. The molecule has 19 heavy (non-hydrogen) atoms. The van der Waals surface area contributed by atoms with Crippen LogP contribution in [0, 0.1) is 11.2 Å². The molecule has 1 aliphatic heterocycles. The van der Waals surface area contributed by atoms with Crippen LogP contribution in [0.1, 0.15) is 30.1 Å². The zero-order chi connectivity index (χ0) is 14.0. The van der Waals surface area contributed by atoms with Gasteiger partial charge in [-0.25, -0.2) is 4.39 Å². The van der Waals surface area contributed by atoms with E-state index < -0.39 is 17.2 Å². The molecule has 1 amide bonds. The van der Waals surface area contributed by atoms with Crippen molar-refractivity contribution in [2.24, 2.45) is 5.41 Å². The highest BCUT2D eigenvalue weighted by atomic mass is 19.1. The maximum atomic E-state index is 13.1. The quantitative estimate of drug-likeness (QED) is 0.891. The maximum absolute atomic E-state index is 13.1. The molecule has 1 saturated heterocycles. The molecular weight excluding hydrogens is 249 g/mol. The Bertz CT molecular complexity index is 517. The van der Waals surface area contributed by atoms with Gasteiger partial charge in [-0.3, -0.25) is 9.59 Å². The molecule has 1 aliphatic rings. The van der Waals surface area contributed by atoms with Crippen molar-refractivity contribution in [1.29, 1.82) is 0 Å². The van der Waals surface area contributed by atoms with Crippen LogP contribution in [-0.2, 0) is 4.79 Å². The first-order chi connectivity index (χ1) is 8.92. The average Bonchev–Trinajstić information content (AvgIpc) is 2.38. The zero-order valence-electron chi connectivity index (χ0n) is 10.7. The van der Waals surface area contributed by atoms with Crippen LogP contribution in [0.4, 0.5) is 4.39 Å². The van der Waals surface area contributed by atoms with Crippen LogP contribution >= 0.6 is 0 Å². The first-order valence-corrected chi connectivity index (χ1v) is 6.21. The summed E-state index contributed by atoms with van der Waals surface area (Å²) in [6.07, 6.45) is 1.19. The van der Waals surface area contributed by atoms with E-state index in [4.69, 9.17) is 0 Å². The summed E-state index contributed by atoms with van der Waals surface area (Å²) in [6, 6.07) is 5.46. The van der Waals surface area contributed by atoms with Gasteiger partial charge in [0.2, 0.25) is 0 Å². The zero-order valence-corrected chi connectivity index (χ0v) is 10.7. The molecule has 2 rings (SSSR count). The first-order valence-electron chi connectivity index (χ1n) is 6.21. The van der Waals surface area contributed by atoms with E-state index in [2.05, 4.69) is 0 Å². The van der Waals surface area contributed by atoms with E-state index in [-0.39, 0.29) is 18.0 Å². The summed E-state index contributed by atoms with van der Waals surface area (Å²) in [4.78, 5) is 25.0. The van der Waals surface area contributed by atoms with E-state index >= 15 is 0 Å². The van der Waals surface area contributed by atoms with Crippen molar-refractivity contribution >= 4 is 11.9 Å². The second-order valence-corrected chi connectivity index (χ2v) is 5.21. The summed E-state index contributed by atoms with van der Waals surface area (Å²) in [7, 11) is 0. The number of carbonyl (C=O) groups excluding carboxylic acids is 1.